The van der Waals surface area contributed by atoms with Gasteiger partial charge in [0.15, 0.2) is 18.1 Å². The van der Waals surface area contributed by atoms with E-state index in [0.717, 1.165) is 4.47 Å². The molecular weight excluding hydrogens is 400 g/mol. The maximum absolute atomic E-state index is 12.4. The second-order valence-electron chi connectivity index (χ2n) is 4.68. The molecule has 0 aliphatic rings. The molecule has 2 rings (SSSR count). The Kier molecular flexibility index (Phi) is 6.05. The van der Waals surface area contributed by atoms with Crippen molar-refractivity contribution in [3.05, 3.63) is 51.5 Å². The Labute approximate surface area is 152 Å². The number of hydrogen-bond acceptors (Lipinski definition) is 4. The van der Waals surface area contributed by atoms with Crippen LogP contribution >= 0.6 is 27.5 Å². The number of halogens is 2. The van der Waals surface area contributed by atoms with Crippen molar-refractivity contribution in [1.82, 2.24) is 0 Å². The fourth-order valence-corrected chi connectivity index (χ4v) is 2.54. The number of hydrogen-bond donors (Lipinski definition) is 2. The number of primary amides is 1. The van der Waals surface area contributed by atoms with Crippen LogP contribution in [0, 0.1) is 0 Å². The molecule has 0 aliphatic heterocycles. The van der Waals surface area contributed by atoms with Crippen LogP contribution in [0.3, 0.4) is 0 Å². The molecule has 6 nitrogen and oxygen atoms in total. The molecule has 2 amide bonds. The molecule has 3 N–H and O–H groups in total. The second-order valence-corrected chi connectivity index (χ2v) is 5.94. The van der Waals surface area contributed by atoms with Crippen LogP contribution in [0.2, 0.25) is 5.02 Å². The zero-order valence-corrected chi connectivity index (χ0v) is 15.0. The van der Waals surface area contributed by atoms with Crippen LogP contribution in [-0.2, 0) is 4.79 Å². The Morgan fingerprint density at radius 3 is 2.62 bits per heavy atom. The Bertz CT molecular complexity index is 783. The lowest BCUT2D eigenvalue weighted by atomic mass is 10.1. The summed E-state index contributed by atoms with van der Waals surface area (Å²) in [6, 6.07) is 10.1. The van der Waals surface area contributed by atoms with Gasteiger partial charge in [-0.2, -0.15) is 0 Å². The summed E-state index contributed by atoms with van der Waals surface area (Å²) in [7, 11) is 1.40. The molecule has 8 heteroatoms. The van der Waals surface area contributed by atoms with Gasteiger partial charge in [-0.05, 0) is 40.2 Å². The van der Waals surface area contributed by atoms with Crippen LogP contribution in [0.15, 0.2) is 40.9 Å². The molecule has 0 atom stereocenters. The van der Waals surface area contributed by atoms with Gasteiger partial charge in [0.1, 0.15) is 0 Å². The predicted octanol–water partition coefficient (Wildman–Crippen LogP) is 3.23. The molecule has 0 aliphatic carbocycles. The Balaban J connectivity index is 2.27. The van der Waals surface area contributed by atoms with E-state index >= 15 is 0 Å². The van der Waals surface area contributed by atoms with Crippen LogP contribution < -0.4 is 20.5 Å². The van der Waals surface area contributed by atoms with E-state index in [9.17, 15) is 9.59 Å². The number of nitrogens with two attached hydrogens (primary N) is 1. The molecule has 0 heterocycles. The first-order valence-corrected chi connectivity index (χ1v) is 7.94. The molecule has 0 spiro atoms. The van der Waals surface area contributed by atoms with E-state index in [-0.39, 0.29) is 34.6 Å². The molecule has 24 heavy (non-hydrogen) atoms. The standard InChI is InChI=1S/C16H14BrClN2O4/c1-23-13-7-9(6-11(18)15(13)24-8-14(19)21)16(22)20-12-5-3-2-4-10(12)17/h2-7H,8H2,1H3,(H2,19,21)(H,20,22). The Morgan fingerprint density at radius 2 is 2.00 bits per heavy atom. The van der Waals surface area contributed by atoms with Crippen LogP contribution in [0.1, 0.15) is 10.4 Å². The highest BCUT2D eigenvalue weighted by molar-refractivity contribution is 9.10. The van der Waals surface area contributed by atoms with Gasteiger partial charge in [0.2, 0.25) is 0 Å². The fourth-order valence-electron chi connectivity index (χ4n) is 1.89. The molecule has 0 saturated carbocycles. The molecule has 0 unspecified atom stereocenters. The van der Waals surface area contributed by atoms with Crippen molar-refractivity contribution in [2.24, 2.45) is 5.73 Å². The first-order valence-electron chi connectivity index (χ1n) is 6.77. The lowest BCUT2D eigenvalue weighted by Crippen LogP contribution is -2.20. The van der Waals surface area contributed by atoms with Gasteiger partial charge in [-0.25, -0.2) is 0 Å². The number of anilines is 1. The van der Waals surface area contributed by atoms with Crippen molar-refractivity contribution in [3.63, 3.8) is 0 Å². The van der Waals surface area contributed by atoms with E-state index in [1.807, 2.05) is 12.1 Å². The van der Waals surface area contributed by atoms with E-state index in [2.05, 4.69) is 21.2 Å². The molecule has 0 saturated heterocycles. The number of carbonyl (C=O) groups excluding carboxylic acids is 2. The van der Waals surface area contributed by atoms with Crippen molar-refractivity contribution in [3.8, 4) is 11.5 Å². The first kappa shape index (κ1) is 18.1. The lowest BCUT2D eigenvalue weighted by Gasteiger charge is -2.13. The summed E-state index contributed by atoms with van der Waals surface area (Å²) >= 11 is 9.49. The summed E-state index contributed by atoms with van der Waals surface area (Å²) in [6.45, 7) is -0.349. The first-order chi connectivity index (χ1) is 11.4. The van der Waals surface area contributed by atoms with Crippen LogP contribution in [0.5, 0.6) is 11.5 Å². The zero-order valence-electron chi connectivity index (χ0n) is 12.6. The number of benzene rings is 2. The van der Waals surface area contributed by atoms with Gasteiger partial charge in [0, 0.05) is 10.0 Å². The highest BCUT2D eigenvalue weighted by Crippen LogP contribution is 2.36. The van der Waals surface area contributed by atoms with Crippen molar-refractivity contribution in [1.29, 1.82) is 0 Å². The topological polar surface area (TPSA) is 90.7 Å². The zero-order chi connectivity index (χ0) is 17.7. The van der Waals surface area contributed by atoms with Gasteiger partial charge < -0.3 is 20.5 Å². The number of rotatable bonds is 6. The number of para-hydroxylation sites is 1. The van der Waals surface area contributed by atoms with Crippen LogP contribution in [0.4, 0.5) is 5.69 Å². The number of amides is 2. The van der Waals surface area contributed by atoms with Gasteiger partial charge >= 0.3 is 0 Å². The smallest absolute Gasteiger partial charge is 0.255 e. The van der Waals surface area contributed by atoms with Gasteiger partial charge in [0.25, 0.3) is 11.8 Å². The van der Waals surface area contributed by atoms with E-state index in [4.69, 9.17) is 26.8 Å². The largest absolute Gasteiger partial charge is 0.493 e. The minimum Gasteiger partial charge on any atom is -0.493 e. The van der Waals surface area contributed by atoms with E-state index in [1.54, 1.807) is 12.1 Å². The van der Waals surface area contributed by atoms with Gasteiger partial charge in [-0.15, -0.1) is 0 Å². The summed E-state index contributed by atoms with van der Waals surface area (Å²) in [5, 5.41) is 2.89. The Hall–Kier alpha value is -2.25. The minimum absolute atomic E-state index is 0.132. The minimum atomic E-state index is -0.649. The van der Waals surface area contributed by atoms with Crippen molar-refractivity contribution < 1.29 is 19.1 Å². The molecule has 0 radical (unpaired) electrons. The lowest BCUT2D eigenvalue weighted by molar-refractivity contribution is -0.119. The van der Waals surface area contributed by atoms with E-state index in [0.29, 0.717) is 5.69 Å². The summed E-state index contributed by atoms with van der Waals surface area (Å²) in [6.07, 6.45) is 0. The van der Waals surface area contributed by atoms with Crippen molar-refractivity contribution >= 4 is 45.0 Å². The Morgan fingerprint density at radius 1 is 1.29 bits per heavy atom. The average Bonchev–Trinajstić information content (AvgIpc) is 2.54. The quantitative estimate of drug-likeness (QED) is 0.761. The summed E-state index contributed by atoms with van der Waals surface area (Å²) in [4.78, 5) is 23.2. The van der Waals surface area contributed by atoms with Crippen molar-refractivity contribution in [2.75, 3.05) is 19.0 Å². The molecule has 0 fully saturated rings. The highest BCUT2D eigenvalue weighted by atomic mass is 79.9. The SMILES string of the molecule is COc1cc(C(=O)Nc2ccccc2Br)cc(Cl)c1OCC(N)=O. The van der Waals surface area contributed by atoms with Gasteiger partial charge in [-0.1, -0.05) is 23.7 Å². The van der Waals surface area contributed by atoms with E-state index < -0.39 is 5.91 Å². The molecule has 126 valence electrons. The maximum atomic E-state index is 12.4. The summed E-state index contributed by atoms with van der Waals surface area (Å²) in [5.74, 6) is -0.649. The average molecular weight is 414 g/mol. The molecule has 0 aromatic heterocycles. The number of nitrogens with one attached hydrogen (secondary N) is 1. The van der Waals surface area contributed by atoms with E-state index in [1.165, 1.54) is 19.2 Å². The third kappa shape index (κ3) is 4.39. The third-order valence-electron chi connectivity index (χ3n) is 2.97. The fraction of sp³-hybridized carbons (Fsp3) is 0.125. The normalized spacial score (nSPS) is 10.1. The number of methoxy groups -OCH3 is 1. The van der Waals surface area contributed by atoms with Crippen LogP contribution in [-0.4, -0.2) is 25.5 Å². The molecule has 2 aromatic rings. The van der Waals surface area contributed by atoms with Gasteiger partial charge in [-0.3, -0.25) is 9.59 Å². The monoisotopic (exact) mass is 412 g/mol. The van der Waals surface area contributed by atoms with Gasteiger partial charge in [0.05, 0.1) is 17.8 Å². The third-order valence-corrected chi connectivity index (χ3v) is 3.94. The molecule has 0 bridgehead atoms. The molecule has 2 aromatic carbocycles. The second kappa shape index (κ2) is 8.03. The molecular formula is C16H14BrClN2O4. The van der Waals surface area contributed by atoms with Crippen molar-refractivity contribution in [2.45, 2.75) is 0 Å². The maximum Gasteiger partial charge on any atom is 0.255 e. The van der Waals surface area contributed by atoms with Crippen LogP contribution in [0.25, 0.3) is 0 Å². The number of ether oxygens (including phenoxy) is 2. The summed E-state index contributed by atoms with van der Waals surface area (Å²) < 4.78 is 11.1. The predicted molar refractivity (Wildman–Crippen MR) is 94.8 cm³/mol. The summed E-state index contributed by atoms with van der Waals surface area (Å²) in [5.41, 5.74) is 5.94. The number of carbonyl (C=O) groups is 2. The highest BCUT2D eigenvalue weighted by Gasteiger charge is 2.17.